The Morgan fingerprint density at radius 2 is 1.86 bits per heavy atom. The lowest BCUT2D eigenvalue weighted by atomic mass is 9.96. The number of nitrogens with one attached hydrogen (secondary N) is 1. The minimum absolute atomic E-state index is 0.0390. The lowest BCUT2D eigenvalue weighted by molar-refractivity contribution is 0.0459. The number of aliphatic imine (C=N–C) groups is 1. The lowest BCUT2D eigenvalue weighted by Gasteiger charge is -2.25. The molecule has 0 amide bonds. The zero-order valence-electron chi connectivity index (χ0n) is 13.3. The molecule has 116 valence electrons. The van der Waals surface area contributed by atoms with Gasteiger partial charge in [0.25, 0.3) is 0 Å². The molecular formula is C16H25N3O2. The van der Waals surface area contributed by atoms with Crippen molar-refractivity contribution < 1.29 is 10.2 Å². The summed E-state index contributed by atoms with van der Waals surface area (Å²) in [4.78, 5) is 4.55. The fourth-order valence-corrected chi connectivity index (χ4v) is 2.97. The van der Waals surface area contributed by atoms with Gasteiger partial charge < -0.3 is 15.5 Å². The predicted octanol–water partition coefficient (Wildman–Crippen LogP) is 1.66. The van der Waals surface area contributed by atoms with Crippen LogP contribution in [0.3, 0.4) is 0 Å². The molecule has 3 N–H and O–H groups in total. The van der Waals surface area contributed by atoms with E-state index in [1.165, 1.54) is 0 Å². The zero-order valence-corrected chi connectivity index (χ0v) is 13.3. The van der Waals surface area contributed by atoms with Crippen LogP contribution < -0.4 is 5.32 Å². The van der Waals surface area contributed by atoms with Crippen molar-refractivity contribution in [1.29, 1.82) is 5.26 Å². The molecule has 2 atom stereocenters. The summed E-state index contributed by atoms with van der Waals surface area (Å²) in [6, 6.07) is 2.06. The van der Waals surface area contributed by atoms with E-state index in [0.29, 0.717) is 5.57 Å². The molecule has 5 nitrogen and oxygen atoms in total. The van der Waals surface area contributed by atoms with Crippen molar-refractivity contribution in [3.8, 4) is 6.07 Å². The number of aliphatic hydroxyl groups is 2. The summed E-state index contributed by atoms with van der Waals surface area (Å²) in [5.74, 6) is 0. The number of hydrogen-bond donors (Lipinski definition) is 3. The molecule has 0 radical (unpaired) electrons. The van der Waals surface area contributed by atoms with E-state index in [1.54, 1.807) is 27.7 Å². The summed E-state index contributed by atoms with van der Waals surface area (Å²) in [7, 11) is 0. The molecule has 0 aromatic heterocycles. The Morgan fingerprint density at radius 3 is 2.29 bits per heavy atom. The van der Waals surface area contributed by atoms with Gasteiger partial charge in [-0.15, -0.1) is 0 Å². The van der Waals surface area contributed by atoms with Crippen LogP contribution in [-0.2, 0) is 0 Å². The van der Waals surface area contributed by atoms with E-state index in [4.69, 9.17) is 0 Å². The maximum absolute atomic E-state index is 10.1. The van der Waals surface area contributed by atoms with Gasteiger partial charge in [0.05, 0.1) is 34.6 Å². The average Bonchev–Trinajstić information content (AvgIpc) is 2.96. The van der Waals surface area contributed by atoms with Crippen molar-refractivity contribution in [2.75, 3.05) is 0 Å². The number of allylic oxidation sites excluding steroid dienone is 2. The predicted molar refractivity (Wildman–Crippen MR) is 81.8 cm³/mol. The van der Waals surface area contributed by atoms with Crippen molar-refractivity contribution >= 4 is 5.71 Å². The first-order chi connectivity index (χ1) is 9.63. The number of rotatable bonds is 3. The molecule has 0 aromatic rings. The van der Waals surface area contributed by atoms with Crippen LogP contribution in [0.1, 0.15) is 53.4 Å². The van der Waals surface area contributed by atoms with E-state index in [0.717, 1.165) is 37.1 Å². The quantitative estimate of drug-likeness (QED) is 0.690. The van der Waals surface area contributed by atoms with Gasteiger partial charge in [0.1, 0.15) is 6.07 Å². The Morgan fingerprint density at radius 1 is 1.19 bits per heavy atom. The Kier molecular flexibility index (Phi) is 4.14. The molecule has 0 spiro atoms. The first kappa shape index (κ1) is 16.0. The molecule has 2 heterocycles. The number of nitriles is 1. The number of nitrogens with zero attached hydrogens (tertiary/aromatic N) is 2. The van der Waals surface area contributed by atoms with Crippen LogP contribution in [0.2, 0.25) is 0 Å². The van der Waals surface area contributed by atoms with Gasteiger partial charge in [0.2, 0.25) is 0 Å². The maximum Gasteiger partial charge on any atom is 0.103 e. The van der Waals surface area contributed by atoms with Crippen LogP contribution in [0.15, 0.2) is 16.3 Å². The highest BCUT2D eigenvalue weighted by atomic mass is 16.3. The van der Waals surface area contributed by atoms with Crippen LogP contribution in [0.4, 0.5) is 0 Å². The van der Waals surface area contributed by atoms with E-state index in [1.807, 2.05) is 0 Å². The Balaban J connectivity index is 2.23. The molecule has 5 heteroatoms. The topological polar surface area (TPSA) is 88.6 Å². The molecule has 2 aliphatic heterocycles. The molecule has 0 aliphatic carbocycles. The fraction of sp³-hybridized carbons (Fsp3) is 0.750. The second-order valence-electron chi connectivity index (χ2n) is 7.14. The lowest BCUT2D eigenvalue weighted by Crippen LogP contribution is -2.42. The van der Waals surface area contributed by atoms with Crippen molar-refractivity contribution in [2.45, 2.75) is 76.7 Å². The molecule has 2 rings (SSSR count). The normalized spacial score (nSPS) is 28.9. The Labute approximate surface area is 126 Å². The molecule has 1 saturated heterocycles. The molecule has 0 aromatic carbocycles. The van der Waals surface area contributed by atoms with Gasteiger partial charge in [0, 0.05) is 5.70 Å². The standard InChI is InChI=1S/C16H25N3O2/c1-15(2,20)13-7-5-11(18-13)10(9-17)12-6-8-14(19-12)16(3,4)21/h13-14,18,20-21H,5-8H2,1-4H3/b11-10-/t13-,14-/m1/s1. The first-order valence-corrected chi connectivity index (χ1v) is 7.54. The van der Waals surface area contributed by atoms with E-state index in [2.05, 4.69) is 16.4 Å². The van der Waals surface area contributed by atoms with Gasteiger partial charge in [-0.3, -0.25) is 4.99 Å². The highest BCUT2D eigenvalue weighted by Gasteiger charge is 2.35. The average molecular weight is 291 g/mol. The highest BCUT2D eigenvalue weighted by molar-refractivity contribution is 6.05. The minimum atomic E-state index is -0.855. The summed E-state index contributed by atoms with van der Waals surface area (Å²) < 4.78 is 0. The van der Waals surface area contributed by atoms with Crippen molar-refractivity contribution in [3.63, 3.8) is 0 Å². The van der Waals surface area contributed by atoms with Crippen molar-refractivity contribution in [1.82, 2.24) is 5.32 Å². The van der Waals surface area contributed by atoms with Gasteiger partial charge in [-0.2, -0.15) is 5.26 Å². The summed E-state index contributed by atoms with van der Waals surface area (Å²) >= 11 is 0. The second kappa shape index (κ2) is 5.43. The minimum Gasteiger partial charge on any atom is -0.388 e. The Bertz CT molecular complexity index is 515. The van der Waals surface area contributed by atoms with Gasteiger partial charge in [0.15, 0.2) is 0 Å². The van der Waals surface area contributed by atoms with E-state index in [-0.39, 0.29) is 12.1 Å². The summed E-state index contributed by atoms with van der Waals surface area (Å²) in [5, 5.41) is 32.9. The largest absolute Gasteiger partial charge is 0.388 e. The monoisotopic (exact) mass is 291 g/mol. The SMILES string of the molecule is CC(C)(O)[C@H]1CCC(/C(C#N)=C2/CC[C@H](C(C)(C)O)N2)=N1. The summed E-state index contributed by atoms with van der Waals surface area (Å²) in [6.07, 6.45) is 3.05. The van der Waals surface area contributed by atoms with E-state index < -0.39 is 11.2 Å². The third-order valence-corrected chi connectivity index (χ3v) is 4.37. The van der Waals surface area contributed by atoms with Crippen LogP contribution >= 0.6 is 0 Å². The van der Waals surface area contributed by atoms with Crippen LogP contribution in [0.25, 0.3) is 0 Å². The van der Waals surface area contributed by atoms with Crippen LogP contribution in [-0.4, -0.2) is 39.2 Å². The van der Waals surface area contributed by atoms with Crippen LogP contribution in [0.5, 0.6) is 0 Å². The van der Waals surface area contributed by atoms with Crippen molar-refractivity contribution in [2.24, 2.45) is 4.99 Å². The molecule has 21 heavy (non-hydrogen) atoms. The Hall–Kier alpha value is -1.38. The zero-order chi connectivity index (χ0) is 15.8. The molecule has 2 aliphatic rings. The third-order valence-electron chi connectivity index (χ3n) is 4.37. The molecular weight excluding hydrogens is 266 g/mol. The first-order valence-electron chi connectivity index (χ1n) is 7.54. The smallest absolute Gasteiger partial charge is 0.103 e. The van der Waals surface area contributed by atoms with Gasteiger partial charge in [-0.05, 0) is 53.4 Å². The number of hydrogen-bond acceptors (Lipinski definition) is 5. The van der Waals surface area contributed by atoms with E-state index >= 15 is 0 Å². The second-order valence-corrected chi connectivity index (χ2v) is 7.14. The summed E-state index contributed by atoms with van der Waals surface area (Å²) in [5.41, 5.74) is 0.581. The van der Waals surface area contributed by atoms with Crippen LogP contribution in [0, 0.1) is 11.3 Å². The molecule has 1 fully saturated rings. The maximum atomic E-state index is 10.1. The third kappa shape index (κ3) is 3.45. The highest BCUT2D eigenvalue weighted by Crippen LogP contribution is 2.30. The van der Waals surface area contributed by atoms with E-state index in [9.17, 15) is 15.5 Å². The molecule has 0 bridgehead atoms. The molecule has 0 saturated carbocycles. The summed E-state index contributed by atoms with van der Waals surface area (Å²) in [6.45, 7) is 7.05. The fourth-order valence-electron chi connectivity index (χ4n) is 2.97. The van der Waals surface area contributed by atoms with Gasteiger partial charge in [-0.1, -0.05) is 0 Å². The van der Waals surface area contributed by atoms with Crippen molar-refractivity contribution in [3.05, 3.63) is 11.3 Å². The van der Waals surface area contributed by atoms with Gasteiger partial charge >= 0.3 is 0 Å². The molecule has 0 unspecified atom stereocenters. The van der Waals surface area contributed by atoms with Gasteiger partial charge in [-0.25, -0.2) is 0 Å².